The van der Waals surface area contributed by atoms with Gasteiger partial charge in [-0.15, -0.1) is 0 Å². The molecular weight excluding hydrogens is 290 g/mol. The molecule has 2 N–H and O–H groups in total. The molecule has 0 bridgehead atoms. The van der Waals surface area contributed by atoms with E-state index in [0.717, 1.165) is 24.1 Å². The van der Waals surface area contributed by atoms with Crippen LogP contribution >= 0.6 is 11.6 Å². The fourth-order valence-corrected chi connectivity index (χ4v) is 2.40. The third-order valence-corrected chi connectivity index (χ3v) is 3.86. The van der Waals surface area contributed by atoms with Crippen molar-refractivity contribution in [3.63, 3.8) is 0 Å². The fourth-order valence-electron chi connectivity index (χ4n) is 2.16. The summed E-state index contributed by atoms with van der Waals surface area (Å²) in [5.41, 5.74) is 7.99. The SMILES string of the molecule is CCC(N)Cc1cccn1Cc1ccc([N+](=O)[O-])cc1Cl. The molecule has 1 aromatic heterocycles. The highest BCUT2D eigenvalue weighted by Crippen LogP contribution is 2.24. The predicted molar refractivity (Wildman–Crippen MR) is 83.6 cm³/mol. The van der Waals surface area contributed by atoms with Crippen molar-refractivity contribution in [1.82, 2.24) is 4.57 Å². The molecule has 21 heavy (non-hydrogen) atoms. The number of aromatic nitrogens is 1. The Labute approximate surface area is 128 Å². The Hall–Kier alpha value is -1.85. The minimum atomic E-state index is -0.447. The van der Waals surface area contributed by atoms with Crippen molar-refractivity contribution >= 4 is 17.3 Å². The van der Waals surface area contributed by atoms with Gasteiger partial charge in [0.15, 0.2) is 0 Å². The number of benzene rings is 1. The van der Waals surface area contributed by atoms with E-state index in [1.165, 1.54) is 12.1 Å². The van der Waals surface area contributed by atoms with Crippen LogP contribution in [0.2, 0.25) is 5.02 Å². The lowest BCUT2D eigenvalue weighted by molar-refractivity contribution is -0.384. The molecule has 1 unspecified atom stereocenters. The van der Waals surface area contributed by atoms with Crippen molar-refractivity contribution in [3.8, 4) is 0 Å². The number of halogens is 1. The standard InChI is InChI=1S/C15H18ClN3O2/c1-2-12(17)8-13-4-3-7-18(13)10-11-5-6-14(19(20)21)9-15(11)16/h3-7,9,12H,2,8,10,17H2,1H3. The van der Waals surface area contributed by atoms with Crippen LogP contribution in [0.4, 0.5) is 5.69 Å². The summed E-state index contributed by atoms with van der Waals surface area (Å²) in [6.45, 7) is 2.64. The average Bonchev–Trinajstić information content (AvgIpc) is 2.87. The average molecular weight is 308 g/mol. The monoisotopic (exact) mass is 307 g/mol. The van der Waals surface area contributed by atoms with E-state index in [2.05, 4.69) is 11.5 Å². The Morgan fingerprint density at radius 3 is 2.81 bits per heavy atom. The van der Waals surface area contributed by atoms with E-state index in [1.807, 2.05) is 18.3 Å². The molecule has 0 radical (unpaired) electrons. The molecule has 1 heterocycles. The number of nitrogens with zero attached hydrogens (tertiary/aromatic N) is 2. The first-order valence-electron chi connectivity index (χ1n) is 6.83. The molecule has 0 fully saturated rings. The second-order valence-electron chi connectivity index (χ2n) is 5.03. The molecule has 0 amide bonds. The van der Waals surface area contributed by atoms with Gasteiger partial charge in [0.1, 0.15) is 0 Å². The molecule has 2 aromatic rings. The van der Waals surface area contributed by atoms with Gasteiger partial charge in [0.25, 0.3) is 5.69 Å². The molecule has 0 aliphatic carbocycles. The van der Waals surface area contributed by atoms with E-state index in [0.29, 0.717) is 11.6 Å². The molecule has 1 aromatic carbocycles. The van der Waals surface area contributed by atoms with Gasteiger partial charge < -0.3 is 10.3 Å². The van der Waals surface area contributed by atoms with Crippen LogP contribution in [-0.4, -0.2) is 15.5 Å². The van der Waals surface area contributed by atoms with Gasteiger partial charge in [-0.05, 0) is 30.2 Å². The molecule has 0 aliphatic heterocycles. The fraction of sp³-hybridized carbons (Fsp3) is 0.333. The minimum absolute atomic E-state index is 0.00415. The summed E-state index contributed by atoms with van der Waals surface area (Å²) in [6, 6.07) is 8.70. The van der Waals surface area contributed by atoms with Gasteiger partial charge in [0.05, 0.1) is 9.95 Å². The maximum atomic E-state index is 10.7. The topological polar surface area (TPSA) is 74.1 Å². The van der Waals surface area contributed by atoms with Crippen LogP contribution in [0.25, 0.3) is 0 Å². The van der Waals surface area contributed by atoms with Crippen molar-refractivity contribution in [2.45, 2.75) is 32.4 Å². The van der Waals surface area contributed by atoms with Crippen LogP contribution in [-0.2, 0) is 13.0 Å². The van der Waals surface area contributed by atoms with Gasteiger partial charge in [0.2, 0.25) is 0 Å². The summed E-state index contributed by atoms with van der Waals surface area (Å²) in [6.07, 6.45) is 3.69. The van der Waals surface area contributed by atoms with Gasteiger partial charge >= 0.3 is 0 Å². The van der Waals surface area contributed by atoms with Crippen molar-refractivity contribution in [3.05, 3.63) is 62.9 Å². The molecular formula is C15H18ClN3O2. The molecule has 112 valence electrons. The maximum absolute atomic E-state index is 10.7. The number of hydrogen-bond donors (Lipinski definition) is 1. The number of non-ortho nitro benzene ring substituents is 1. The highest BCUT2D eigenvalue weighted by Gasteiger charge is 2.11. The Bertz CT molecular complexity index is 640. The molecule has 0 aliphatic rings. The molecule has 2 rings (SSSR count). The first-order valence-corrected chi connectivity index (χ1v) is 7.21. The predicted octanol–water partition coefficient (Wildman–Crippen LogP) is 3.38. The summed E-state index contributed by atoms with van der Waals surface area (Å²) in [5.74, 6) is 0. The lowest BCUT2D eigenvalue weighted by Crippen LogP contribution is -2.23. The Morgan fingerprint density at radius 2 is 2.19 bits per heavy atom. The van der Waals surface area contributed by atoms with Crippen molar-refractivity contribution in [2.24, 2.45) is 5.73 Å². The maximum Gasteiger partial charge on any atom is 0.270 e. The summed E-state index contributed by atoms with van der Waals surface area (Å²) < 4.78 is 2.07. The number of nitro groups is 1. The lowest BCUT2D eigenvalue weighted by atomic mass is 10.1. The smallest absolute Gasteiger partial charge is 0.270 e. The van der Waals surface area contributed by atoms with Crippen LogP contribution < -0.4 is 5.73 Å². The summed E-state index contributed by atoms with van der Waals surface area (Å²) in [7, 11) is 0. The zero-order chi connectivity index (χ0) is 15.4. The quantitative estimate of drug-likeness (QED) is 0.656. The second-order valence-corrected chi connectivity index (χ2v) is 5.44. The van der Waals surface area contributed by atoms with Gasteiger partial charge in [-0.3, -0.25) is 10.1 Å². The van der Waals surface area contributed by atoms with E-state index < -0.39 is 4.92 Å². The van der Waals surface area contributed by atoms with E-state index in [1.54, 1.807) is 6.07 Å². The number of nitrogens with two attached hydrogens (primary N) is 1. The molecule has 0 spiro atoms. The second kappa shape index (κ2) is 6.74. The van der Waals surface area contributed by atoms with E-state index in [4.69, 9.17) is 17.3 Å². The first-order chi connectivity index (χ1) is 10.0. The molecule has 0 saturated carbocycles. The van der Waals surface area contributed by atoms with Crippen molar-refractivity contribution in [2.75, 3.05) is 0 Å². The number of hydrogen-bond acceptors (Lipinski definition) is 3. The van der Waals surface area contributed by atoms with Crippen LogP contribution in [0.5, 0.6) is 0 Å². The van der Waals surface area contributed by atoms with Crippen molar-refractivity contribution in [1.29, 1.82) is 0 Å². The third-order valence-electron chi connectivity index (χ3n) is 3.51. The molecule has 5 nitrogen and oxygen atoms in total. The van der Waals surface area contributed by atoms with Crippen LogP contribution in [0.3, 0.4) is 0 Å². The summed E-state index contributed by atoms with van der Waals surface area (Å²) >= 11 is 6.13. The van der Waals surface area contributed by atoms with Crippen LogP contribution in [0.15, 0.2) is 36.5 Å². The van der Waals surface area contributed by atoms with Gasteiger partial charge in [-0.25, -0.2) is 0 Å². The first kappa shape index (κ1) is 15.5. The van der Waals surface area contributed by atoms with Gasteiger partial charge in [0, 0.05) is 43.0 Å². The summed E-state index contributed by atoms with van der Waals surface area (Å²) in [5, 5.41) is 11.1. The van der Waals surface area contributed by atoms with Gasteiger partial charge in [-0.2, -0.15) is 0 Å². The zero-order valence-corrected chi connectivity index (χ0v) is 12.6. The van der Waals surface area contributed by atoms with Crippen LogP contribution in [0, 0.1) is 10.1 Å². The van der Waals surface area contributed by atoms with Crippen LogP contribution in [0.1, 0.15) is 24.6 Å². The number of nitro benzene ring substituents is 1. The molecule has 0 saturated heterocycles. The minimum Gasteiger partial charge on any atom is -0.347 e. The molecule has 1 atom stereocenters. The largest absolute Gasteiger partial charge is 0.347 e. The zero-order valence-electron chi connectivity index (χ0n) is 11.8. The van der Waals surface area contributed by atoms with Crippen molar-refractivity contribution < 1.29 is 4.92 Å². The Balaban J connectivity index is 2.19. The lowest BCUT2D eigenvalue weighted by Gasteiger charge is -2.13. The van der Waals surface area contributed by atoms with E-state index >= 15 is 0 Å². The normalized spacial score (nSPS) is 12.3. The Kier molecular flexibility index (Phi) is 4.98. The highest BCUT2D eigenvalue weighted by molar-refractivity contribution is 6.31. The molecule has 6 heteroatoms. The van der Waals surface area contributed by atoms with E-state index in [9.17, 15) is 10.1 Å². The summed E-state index contributed by atoms with van der Waals surface area (Å²) in [4.78, 5) is 10.3. The Morgan fingerprint density at radius 1 is 1.43 bits per heavy atom. The van der Waals surface area contributed by atoms with E-state index in [-0.39, 0.29) is 11.7 Å². The highest BCUT2D eigenvalue weighted by atomic mass is 35.5. The van der Waals surface area contributed by atoms with Gasteiger partial charge in [-0.1, -0.05) is 18.5 Å². The number of rotatable bonds is 6. The third kappa shape index (κ3) is 3.83.